The predicted octanol–water partition coefficient (Wildman–Crippen LogP) is -1.48. The maximum Gasteiger partial charge on any atom is -1.00 e. The SMILES string of the molecule is Clc1ccc[c]([Zn+])c1.[Br-]. The van der Waals surface area contributed by atoms with Crippen molar-refractivity contribution in [3.63, 3.8) is 0 Å². The van der Waals surface area contributed by atoms with Gasteiger partial charge in [0.1, 0.15) is 0 Å². The minimum atomic E-state index is 0. The Labute approximate surface area is 80.0 Å². The van der Waals surface area contributed by atoms with Crippen LogP contribution in [0, 0.1) is 0 Å². The maximum absolute atomic E-state index is 5.66. The standard InChI is InChI=1S/C6H4Cl.BrH.Zn/c7-6-4-2-1-3-5-6;;/h1-2,4-5H;1H;/q;;+1/p-1. The zero-order valence-corrected chi connectivity index (χ0v) is 10.1. The van der Waals surface area contributed by atoms with Crippen molar-refractivity contribution in [3.8, 4) is 0 Å². The molecule has 0 bridgehead atoms. The largest absolute Gasteiger partial charge is 1.00 e. The van der Waals surface area contributed by atoms with Gasteiger partial charge in [-0.15, -0.1) is 0 Å². The molecular weight excluding hydrogens is 253 g/mol. The molecule has 0 aliphatic rings. The van der Waals surface area contributed by atoms with Crippen molar-refractivity contribution in [3.05, 3.63) is 29.3 Å². The van der Waals surface area contributed by atoms with E-state index in [2.05, 4.69) is 6.07 Å². The van der Waals surface area contributed by atoms with Gasteiger partial charge in [0.15, 0.2) is 0 Å². The van der Waals surface area contributed by atoms with Crippen LogP contribution >= 0.6 is 11.6 Å². The van der Waals surface area contributed by atoms with Crippen molar-refractivity contribution in [1.82, 2.24) is 0 Å². The first-order valence-electron chi connectivity index (χ1n) is 2.36. The normalized spacial score (nSPS) is 8.33. The van der Waals surface area contributed by atoms with Crippen LogP contribution in [0.15, 0.2) is 24.3 Å². The molecule has 0 N–H and O–H groups in total. The molecule has 0 aliphatic heterocycles. The molecule has 0 unspecified atom stereocenters. The average molecular weight is 257 g/mol. The Balaban J connectivity index is 0.000000640. The predicted molar refractivity (Wildman–Crippen MR) is 31.1 cm³/mol. The third-order valence-corrected chi connectivity index (χ3v) is 2.05. The summed E-state index contributed by atoms with van der Waals surface area (Å²) in [6.07, 6.45) is 0. The van der Waals surface area contributed by atoms with Crippen LogP contribution in [0.25, 0.3) is 0 Å². The number of rotatable bonds is 0. The van der Waals surface area contributed by atoms with E-state index in [1.54, 1.807) is 0 Å². The van der Waals surface area contributed by atoms with E-state index in [9.17, 15) is 0 Å². The smallest absolute Gasteiger partial charge is 1.00 e. The van der Waals surface area contributed by atoms with Crippen LogP contribution in [-0.2, 0) is 18.3 Å². The van der Waals surface area contributed by atoms with Crippen LogP contribution in [-0.4, -0.2) is 0 Å². The van der Waals surface area contributed by atoms with Gasteiger partial charge >= 0.3 is 63.3 Å². The van der Waals surface area contributed by atoms with Gasteiger partial charge < -0.3 is 17.0 Å². The van der Waals surface area contributed by atoms with Crippen molar-refractivity contribution < 1.29 is 35.3 Å². The molecule has 1 aromatic rings. The average Bonchev–Trinajstić information content (AvgIpc) is 1.64. The van der Waals surface area contributed by atoms with Gasteiger partial charge in [-0.25, -0.2) is 0 Å². The first kappa shape index (κ1) is 9.61. The van der Waals surface area contributed by atoms with Gasteiger partial charge in [-0.3, -0.25) is 0 Å². The van der Waals surface area contributed by atoms with E-state index >= 15 is 0 Å². The maximum atomic E-state index is 5.66. The molecule has 1 rings (SSSR count). The summed E-state index contributed by atoms with van der Waals surface area (Å²) in [4.78, 5) is 0. The third-order valence-electron chi connectivity index (χ3n) is 0.889. The van der Waals surface area contributed by atoms with Crippen molar-refractivity contribution >= 4 is 15.8 Å². The third kappa shape index (κ3) is 3.34. The second-order valence-electron chi connectivity index (χ2n) is 1.63. The minimum Gasteiger partial charge on any atom is -1.00 e. The summed E-state index contributed by atoms with van der Waals surface area (Å²) < 4.78 is 1.33. The fourth-order valence-corrected chi connectivity index (χ4v) is 1.77. The molecule has 0 heterocycles. The van der Waals surface area contributed by atoms with E-state index in [4.69, 9.17) is 11.6 Å². The van der Waals surface area contributed by atoms with Gasteiger partial charge in [0, 0.05) is 0 Å². The van der Waals surface area contributed by atoms with E-state index in [1.807, 2.05) is 18.2 Å². The van der Waals surface area contributed by atoms with Gasteiger partial charge in [-0.1, -0.05) is 0 Å². The van der Waals surface area contributed by atoms with Crippen LogP contribution in [0.3, 0.4) is 0 Å². The summed E-state index contributed by atoms with van der Waals surface area (Å²) in [6, 6.07) is 7.93. The Morgan fingerprint density at radius 3 is 2.33 bits per heavy atom. The topological polar surface area (TPSA) is 0 Å². The summed E-state index contributed by atoms with van der Waals surface area (Å²) >= 11 is 6.85. The first-order chi connectivity index (χ1) is 3.79. The molecule has 0 aliphatic carbocycles. The second kappa shape index (κ2) is 4.43. The first-order valence-corrected chi connectivity index (χ1v) is 4.23. The molecule has 0 nitrogen and oxygen atoms in total. The number of hydrogen-bond donors (Lipinski definition) is 0. The number of hydrogen-bond acceptors (Lipinski definition) is 0. The molecule has 44 valence electrons. The molecule has 0 aromatic heterocycles. The Hall–Kier alpha value is 0.613. The minimum absolute atomic E-state index is 0. The molecular formula is C6H4BrClZn. The van der Waals surface area contributed by atoms with Crippen molar-refractivity contribution in [2.45, 2.75) is 0 Å². The summed E-state index contributed by atoms with van der Waals surface area (Å²) in [5, 5.41) is 0.841. The van der Waals surface area contributed by atoms with E-state index in [0.29, 0.717) is 0 Å². The van der Waals surface area contributed by atoms with Crippen LogP contribution in [0.2, 0.25) is 5.02 Å². The van der Waals surface area contributed by atoms with E-state index < -0.39 is 0 Å². The van der Waals surface area contributed by atoms with E-state index in [0.717, 1.165) is 5.02 Å². The molecule has 3 heteroatoms. The van der Waals surface area contributed by atoms with Crippen LogP contribution in [0.4, 0.5) is 0 Å². The number of benzene rings is 1. The fourth-order valence-electron chi connectivity index (χ4n) is 0.537. The van der Waals surface area contributed by atoms with Gasteiger partial charge in [-0.05, 0) is 0 Å². The molecule has 1 aromatic carbocycles. The van der Waals surface area contributed by atoms with Crippen LogP contribution in [0.1, 0.15) is 0 Å². The quantitative estimate of drug-likeness (QED) is 0.497. The van der Waals surface area contributed by atoms with Gasteiger partial charge in [-0.2, -0.15) is 0 Å². The molecule has 0 saturated carbocycles. The van der Waals surface area contributed by atoms with Gasteiger partial charge in [0.25, 0.3) is 0 Å². The molecule has 0 atom stereocenters. The van der Waals surface area contributed by atoms with Crippen LogP contribution < -0.4 is 21.1 Å². The van der Waals surface area contributed by atoms with Gasteiger partial charge in [0.2, 0.25) is 0 Å². The Morgan fingerprint density at radius 2 is 2.00 bits per heavy atom. The zero-order valence-electron chi connectivity index (χ0n) is 4.77. The molecule has 0 fully saturated rings. The molecule has 9 heavy (non-hydrogen) atoms. The second-order valence-corrected chi connectivity index (χ2v) is 3.78. The van der Waals surface area contributed by atoms with Crippen molar-refractivity contribution in [2.24, 2.45) is 0 Å². The Kier molecular flexibility index (Phi) is 4.73. The van der Waals surface area contributed by atoms with E-state index in [1.165, 1.54) is 22.5 Å². The fraction of sp³-hybridized carbons (Fsp3) is 0. The van der Waals surface area contributed by atoms with Crippen molar-refractivity contribution in [2.75, 3.05) is 0 Å². The zero-order chi connectivity index (χ0) is 5.98. The summed E-state index contributed by atoms with van der Waals surface area (Å²) in [5.74, 6) is 0. The van der Waals surface area contributed by atoms with Gasteiger partial charge in [0.05, 0.1) is 0 Å². The molecule has 0 amide bonds. The molecule has 0 spiro atoms. The van der Waals surface area contributed by atoms with E-state index in [-0.39, 0.29) is 17.0 Å². The molecule has 0 saturated heterocycles. The summed E-state index contributed by atoms with van der Waals surface area (Å²) in [5.41, 5.74) is 0. The van der Waals surface area contributed by atoms with Crippen LogP contribution in [0.5, 0.6) is 0 Å². The Bertz CT molecular complexity index is 173. The summed E-state index contributed by atoms with van der Waals surface area (Å²) in [6.45, 7) is 0. The van der Waals surface area contributed by atoms with Crippen molar-refractivity contribution in [1.29, 1.82) is 0 Å². The molecule has 0 radical (unpaired) electrons. The monoisotopic (exact) mass is 254 g/mol. The number of halogens is 2. The summed E-state index contributed by atoms with van der Waals surface area (Å²) in [7, 11) is 0. The Morgan fingerprint density at radius 1 is 1.33 bits per heavy atom.